The molecule has 4 saturated carbocycles. The quantitative estimate of drug-likeness (QED) is 0.645. The SMILES string of the molecule is O=C(O)CCCC(=O)N1Cc2ccccc2C2(CCN(C(=O)NC3C4CC5CC(C4)CC3C5)CC2)C1. The van der Waals surface area contributed by atoms with Crippen molar-refractivity contribution in [3.8, 4) is 0 Å². The number of carboxylic acid groups (broad SMARTS) is 1. The minimum absolute atomic E-state index is 0.0232. The van der Waals surface area contributed by atoms with E-state index in [1.165, 1.54) is 43.2 Å². The number of carbonyl (C=O) groups excluding carboxylic acids is 2. The molecule has 3 amide bonds. The summed E-state index contributed by atoms with van der Waals surface area (Å²) in [5.74, 6) is 2.32. The number of carboxylic acids is 1. The van der Waals surface area contributed by atoms with E-state index in [-0.39, 0.29) is 30.2 Å². The predicted molar refractivity (Wildman–Crippen MR) is 135 cm³/mol. The van der Waals surface area contributed by atoms with Gasteiger partial charge in [-0.05, 0) is 86.2 Å². The number of nitrogens with one attached hydrogen (secondary N) is 1. The molecule has 7 nitrogen and oxygen atoms in total. The summed E-state index contributed by atoms with van der Waals surface area (Å²) < 4.78 is 0. The molecular formula is C29H39N3O4. The highest BCUT2D eigenvalue weighted by atomic mass is 16.4. The van der Waals surface area contributed by atoms with Gasteiger partial charge >= 0.3 is 12.0 Å². The van der Waals surface area contributed by atoms with E-state index >= 15 is 0 Å². The van der Waals surface area contributed by atoms with E-state index in [2.05, 4.69) is 23.5 Å². The Bertz CT molecular complexity index is 1000. The monoisotopic (exact) mass is 493 g/mol. The van der Waals surface area contributed by atoms with Gasteiger partial charge in [0, 0.05) is 50.5 Å². The molecule has 1 spiro atoms. The maximum absolute atomic E-state index is 13.4. The molecule has 1 aromatic carbocycles. The van der Waals surface area contributed by atoms with Crippen molar-refractivity contribution in [2.45, 2.75) is 82.2 Å². The van der Waals surface area contributed by atoms with Crippen LogP contribution in [0.2, 0.25) is 0 Å². The normalized spacial score (nSPS) is 31.8. The molecule has 4 aliphatic carbocycles. The van der Waals surface area contributed by atoms with E-state index in [1.54, 1.807) is 0 Å². The fourth-order valence-corrected chi connectivity index (χ4v) is 8.57. The van der Waals surface area contributed by atoms with Crippen LogP contribution in [0.15, 0.2) is 24.3 Å². The van der Waals surface area contributed by atoms with Crippen molar-refractivity contribution in [3.63, 3.8) is 0 Å². The van der Waals surface area contributed by atoms with E-state index in [1.807, 2.05) is 15.9 Å². The molecule has 0 unspecified atom stereocenters. The molecule has 4 bridgehead atoms. The van der Waals surface area contributed by atoms with E-state index in [0.29, 0.717) is 50.5 Å². The number of rotatable bonds is 5. The van der Waals surface area contributed by atoms with Crippen molar-refractivity contribution in [1.29, 1.82) is 0 Å². The van der Waals surface area contributed by atoms with Gasteiger partial charge in [0.15, 0.2) is 0 Å². The fourth-order valence-electron chi connectivity index (χ4n) is 8.57. The van der Waals surface area contributed by atoms with Crippen molar-refractivity contribution in [3.05, 3.63) is 35.4 Å². The first-order valence-electron chi connectivity index (χ1n) is 14.0. The molecule has 6 aliphatic rings. The number of likely N-dealkylation sites (tertiary alicyclic amines) is 1. The van der Waals surface area contributed by atoms with Crippen LogP contribution in [0.5, 0.6) is 0 Å². The Labute approximate surface area is 213 Å². The second kappa shape index (κ2) is 9.38. The summed E-state index contributed by atoms with van der Waals surface area (Å²) in [6.07, 6.45) is 8.97. The van der Waals surface area contributed by atoms with Crippen LogP contribution in [0, 0.1) is 23.7 Å². The highest BCUT2D eigenvalue weighted by Gasteiger charge is 2.49. The fraction of sp³-hybridized carbons (Fsp3) is 0.690. The Balaban J connectivity index is 1.11. The standard InChI is InChI=1S/C29H39N3O4/c33-25(6-3-7-26(34)35)32-17-21-4-1-2-5-24(21)29(18-32)8-10-31(11-9-29)28(36)30-27-22-13-19-12-20(15-22)16-23(27)14-19/h1-2,4-5,19-20,22-23,27H,3,6-18H2,(H,30,36)(H,34,35). The van der Waals surface area contributed by atoms with Crippen LogP contribution in [0.25, 0.3) is 0 Å². The lowest BCUT2D eigenvalue weighted by atomic mass is 9.54. The van der Waals surface area contributed by atoms with Gasteiger partial charge in [0.25, 0.3) is 0 Å². The minimum atomic E-state index is -0.859. The van der Waals surface area contributed by atoms with Gasteiger partial charge in [-0.3, -0.25) is 9.59 Å². The lowest BCUT2D eigenvalue weighted by Crippen LogP contribution is -2.60. The van der Waals surface area contributed by atoms with Gasteiger partial charge in [-0.1, -0.05) is 24.3 Å². The number of hydrogen-bond donors (Lipinski definition) is 2. The Morgan fingerprint density at radius 2 is 1.58 bits per heavy atom. The van der Waals surface area contributed by atoms with E-state index < -0.39 is 5.97 Å². The molecule has 2 heterocycles. The highest BCUT2D eigenvalue weighted by molar-refractivity contribution is 5.78. The molecule has 1 saturated heterocycles. The Kier molecular flexibility index (Phi) is 6.21. The first-order valence-corrected chi connectivity index (χ1v) is 14.0. The second-order valence-corrected chi connectivity index (χ2v) is 12.3. The van der Waals surface area contributed by atoms with Crippen LogP contribution >= 0.6 is 0 Å². The smallest absolute Gasteiger partial charge is 0.317 e. The summed E-state index contributed by atoms with van der Waals surface area (Å²) in [7, 11) is 0. The van der Waals surface area contributed by atoms with Crippen LogP contribution < -0.4 is 5.32 Å². The number of fused-ring (bicyclic) bond motifs is 2. The first-order chi connectivity index (χ1) is 17.4. The summed E-state index contributed by atoms with van der Waals surface area (Å²) >= 11 is 0. The molecule has 7 rings (SSSR count). The van der Waals surface area contributed by atoms with Crippen LogP contribution in [0.4, 0.5) is 4.79 Å². The third kappa shape index (κ3) is 4.39. The summed E-state index contributed by atoms with van der Waals surface area (Å²) in [6, 6.07) is 8.88. The first kappa shape index (κ1) is 23.8. The van der Waals surface area contributed by atoms with Crippen molar-refractivity contribution in [2.24, 2.45) is 23.7 Å². The molecule has 2 N–H and O–H groups in total. The second-order valence-electron chi connectivity index (χ2n) is 12.3. The topological polar surface area (TPSA) is 90.0 Å². The van der Waals surface area contributed by atoms with Crippen molar-refractivity contribution >= 4 is 17.9 Å². The van der Waals surface area contributed by atoms with Crippen molar-refractivity contribution < 1.29 is 19.5 Å². The maximum atomic E-state index is 13.4. The largest absolute Gasteiger partial charge is 0.481 e. The van der Waals surface area contributed by atoms with Crippen LogP contribution in [-0.4, -0.2) is 58.5 Å². The molecule has 7 heteroatoms. The molecule has 194 valence electrons. The van der Waals surface area contributed by atoms with Crippen LogP contribution in [-0.2, 0) is 21.5 Å². The number of benzene rings is 1. The number of carbonyl (C=O) groups is 3. The summed E-state index contributed by atoms with van der Waals surface area (Å²) in [5.41, 5.74) is 2.36. The Hall–Kier alpha value is -2.57. The van der Waals surface area contributed by atoms with Crippen LogP contribution in [0.3, 0.4) is 0 Å². The molecular weight excluding hydrogens is 454 g/mol. The van der Waals surface area contributed by atoms with Gasteiger partial charge in [0.05, 0.1) is 0 Å². The predicted octanol–water partition coefficient (Wildman–Crippen LogP) is 4.15. The summed E-state index contributed by atoms with van der Waals surface area (Å²) in [6.45, 7) is 2.64. The van der Waals surface area contributed by atoms with Gasteiger partial charge in [-0.25, -0.2) is 4.79 Å². The van der Waals surface area contributed by atoms with Gasteiger partial charge < -0.3 is 20.2 Å². The summed E-state index contributed by atoms with van der Waals surface area (Å²) in [4.78, 5) is 41.2. The summed E-state index contributed by atoms with van der Waals surface area (Å²) in [5, 5.41) is 12.4. The van der Waals surface area contributed by atoms with Gasteiger partial charge in [-0.15, -0.1) is 0 Å². The number of urea groups is 1. The molecule has 1 aromatic rings. The van der Waals surface area contributed by atoms with Crippen molar-refractivity contribution in [2.75, 3.05) is 19.6 Å². The number of amides is 3. The molecule has 0 aromatic heterocycles. The van der Waals surface area contributed by atoms with E-state index in [9.17, 15) is 14.4 Å². The van der Waals surface area contributed by atoms with Gasteiger partial charge in [-0.2, -0.15) is 0 Å². The lowest BCUT2D eigenvalue weighted by molar-refractivity contribution is -0.137. The zero-order valence-corrected chi connectivity index (χ0v) is 21.2. The molecule has 36 heavy (non-hydrogen) atoms. The molecule has 2 aliphatic heterocycles. The van der Waals surface area contributed by atoms with E-state index in [0.717, 1.165) is 24.7 Å². The number of piperidine rings is 1. The van der Waals surface area contributed by atoms with Gasteiger partial charge in [0.1, 0.15) is 0 Å². The molecule has 5 fully saturated rings. The molecule has 0 radical (unpaired) electrons. The zero-order valence-electron chi connectivity index (χ0n) is 21.2. The minimum Gasteiger partial charge on any atom is -0.481 e. The number of aliphatic carboxylic acids is 1. The maximum Gasteiger partial charge on any atom is 0.317 e. The van der Waals surface area contributed by atoms with E-state index in [4.69, 9.17) is 5.11 Å². The number of nitrogens with zero attached hydrogens (tertiary/aromatic N) is 2. The van der Waals surface area contributed by atoms with Crippen LogP contribution in [0.1, 0.15) is 75.3 Å². The highest BCUT2D eigenvalue weighted by Crippen LogP contribution is 2.53. The molecule has 0 atom stereocenters. The zero-order chi connectivity index (χ0) is 24.9. The number of hydrogen-bond acceptors (Lipinski definition) is 3. The van der Waals surface area contributed by atoms with Gasteiger partial charge in [0.2, 0.25) is 5.91 Å². The third-order valence-electron chi connectivity index (χ3n) is 10.1. The average molecular weight is 494 g/mol. The van der Waals surface area contributed by atoms with Crippen molar-refractivity contribution in [1.82, 2.24) is 15.1 Å². The Morgan fingerprint density at radius 3 is 2.25 bits per heavy atom. The lowest BCUT2D eigenvalue weighted by Gasteiger charge is -2.55. The third-order valence-corrected chi connectivity index (χ3v) is 10.1. The Morgan fingerprint density at radius 1 is 0.917 bits per heavy atom. The average Bonchev–Trinajstić information content (AvgIpc) is 2.86.